The number of Topliss-reactive ketones (excluding diaryl/α,β-unsaturated/α-hetero) is 1. The van der Waals surface area contributed by atoms with Crippen molar-refractivity contribution < 1.29 is 19.1 Å². The van der Waals surface area contributed by atoms with Crippen LogP contribution in [0.15, 0.2) is 54.7 Å². The molecule has 0 aliphatic rings. The van der Waals surface area contributed by atoms with Gasteiger partial charge in [0.05, 0.1) is 11.5 Å². The number of para-hydroxylation sites is 1. The van der Waals surface area contributed by atoms with Crippen LogP contribution in [-0.4, -0.2) is 40.8 Å². The van der Waals surface area contributed by atoms with Gasteiger partial charge in [-0.15, -0.1) is 11.8 Å². The van der Waals surface area contributed by atoms with E-state index < -0.39 is 5.97 Å². The molecule has 0 fully saturated rings. The summed E-state index contributed by atoms with van der Waals surface area (Å²) in [5.74, 6) is -0.993. The van der Waals surface area contributed by atoms with Gasteiger partial charge in [-0.25, -0.2) is 0 Å². The van der Waals surface area contributed by atoms with Crippen molar-refractivity contribution in [2.75, 3.05) is 23.4 Å². The molecule has 1 heterocycles. The number of rotatable bonds is 8. The molecule has 1 amide bonds. The number of halogens is 1. The van der Waals surface area contributed by atoms with Crippen LogP contribution in [0.5, 0.6) is 0 Å². The van der Waals surface area contributed by atoms with Gasteiger partial charge < -0.3 is 15.0 Å². The van der Waals surface area contributed by atoms with E-state index in [-0.39, 0.29) is 29.8 Å². The van der Waals surface area contributed by atoms with Crippen LogP contribution in [0, 0.1) is 0 Å². The Labute approximate surface area is 170 Å². The summed E-state index contributed by atoms with van der Waals surface area (Å²) < 4.78 is 5.02. The van der Waals surface area contributed by atoms with E-state index in [1.165, 1.54) is 0 Å². The van der Waals surface area contributed by atoms with Gasteiger partial charge in [0.15, 0.2) is 6.61 Å². The second-order valence-electron chi connectivity index (χ2n) is 5.88. The Kier molecular flexibility index (Phi) is 6.73. The van der Waals surface area contributed by atoms with E-state index in [2.05, 4.69) is 10.3 Å². The zero-order chi connectivity index (χ0) is 19.9. The minimum atomic E-state index is -0.544. The number of aromatic amines is 1. The van der Waals surface area contributed by atoms with Gasteiger partial charge in [0.1, 0.15) is 0 Å². The van der Waals surface area contributed by atoms with Crippen molar-refractivity contribution in [3.8, 4) is 0 Å². The molecule has 0 saturated carbocycles. The summed E-state index contributed by atoms with van der Waals surface area (Å²) in [6, 6.07) is 14.1. The fraction of sp³-hybridized carbons (Fsp3) is 0.150. The number of amides is 1. The smallest absolute Gasteiger partial charge is 0.316 e. The quantitative estimate of drug-likeness (QED) is 0.429. The van der Waals surface area contributed by atoms with E-state index in [9.17, 15) is 14.4 Å². The van der Waals surface area contributed by atoms with Crippen molar-refractivity contribution in [2.45, 2.75) is 0 Å². The van der Waals surface area contributed by atoms with Gasteiger partial charge in [-0.05, 0) is 30.3 Å². The minimum Gasteiger partial charge on any atom is -0.457 e. The predicted molar refractivity (Wildman–Crippen MR) is 111 cm³/mol. The summed E-state index contributed by atoms with van der Waals surface area (Å²) in [6.45, 7) is -0.335. The topological polar surface area (TPSA) is 88.3 Å². The number of fused-ring (bicyclic) bond motifs is 1. The number of esters is 1. The van der Waals surface area contributed by atoms with Crippen LogP contribution < -0.4 is 5.32 Å². The lowest BCUT2D eigenvalue weighted by molar-refractivity contribution is -0.139. The molecule has 0 aliphatic carbocycles. The molecule has 28 heavy (non-hydrogen) atoms. The van der Waals surface area contributed by atoms with Crippen LogP contribution in [0.25, 0.3) is 10.9 Å². The van der Waals surface area contributed by atoms with E-state index in [1.807, 2.05) is 24.3 Å². The number of H-pyrrole nitrogens is 1. The van der Waals surface area contributed by atoms with E-state index in [0.29, 0.717) is 16.3 Å². The molecule has 0 aliphatic heterocycles. The molecule has 3 rings (SSSR count). The van der Waals surface area contributed by atoms with Crippen molar-refractivity contribution in [2.24, 2.45) is 0 Å². The molecule has 8 heteroatoms. The fourth-order valence-corrected chi connectivity index (χ4v) is 3.26. The number of ether oxygens (including phenoxy) is 1. The molecule has 6 nitrogen and oxygen atoms in total. The van der Waals surface area contributed by atoms with Crippen LogP contribution in [0.2, 0.25) is 5.02 Å². The molecule has 2 N–H and O–H groups in total. The lowest BCUT2D eigenvalue weighted by Crippen LogP contribution is -2.18. The molecule has 2 aromatic carbocycles. The second-order valence-corrected chi connectivity index (χ2v) is 7.30. The number of carbonyl (C=O) groups is 3. The van der Waals surface area contributed by atoms with Crippen LogP contribution >= 0.6 is 23.4 Å². The number of thioether (sulfide) groups is 1. The number of benzene rings is 2. The van der Waals surface area contributed by atoms with Crippen LogP contribution in [0.4, 0.5) is 5.69 Å². The largest absolute Gasteiger partial charge is 0.457 e. The lowest BCUT2D eigenvalue weighted by atomic mass is 10.1. The Morgan fingerprint density at radius 3 is 2.57 bits per heavy atom. The van der Waals surface area contributed by atoms with Crippen LogP contribution in [0.3, 0.4) is 0 Å². The summed E-state index contributed by atoms with van der Waals surface area (Å²) in [6.07, 6.45) is 1.61. The molecule has 0 unspecified atom stereocenters. The van der Waals surface area contributed by atoms with Crippen molar-refractivity contribution in [1.29, 1.82) is 0 Å². The first-order valence-corrected chi connectivity index (χ1v) is 9.94. The maximum atomic E-state index is 12.3. The van der Waals surface area contributed by atoms with Gasteiger partial charge >= 0.3 is 5.97 Å². The Morgan fingerprint density at radius 1 is 1.04 bits per heavy atom. The average molecular weight is 417 g/mol. The maximum absolute atomic E-state index is 12.3. The molecular weight excluding hydrogens is 400 g/mol. The molecule has 0 atom stereocenters. The monoisotopic (exact) mass is 416 g/mol. The minimum absolute atomic E-state index is 0.0186. The number of hydrogen-bond donors (Lipinski definition) is 2. The Balaban J connectivity index is 1.39. The third-order valence-corrected chi connectivity index (χ3v) is 4.99. The molecule has 0 saturated heterocycles. The van der Waals surface area contributed by atoms with E-state index in [1.54, 1.807) is 30.5 Å². The lowest BCUT2D eigenvalue weighted by Gasteiger charge is -2.06. The number of aromatic nitrogens is 1. The van der Waals surface area contributed by atoms with Gasteiger partial charge in [0, 0.05) is 33.4 Å². The number of ketones is 1. The molecule has 144 valence electrons. The Morgan fingerprint density at radius 2 is 1.79 bits per heavy atom. The molecule has 3 aromatic rings. The van der Waals surface area contributed by atoms with E-state index in [0.717, 1.165) is 22.7 Å². The number of carbonyl (C=O) groups excluding carboxylic acids is 3. The second kappa shape index (κ2) is 9.43. The van der Waals surface area contributed by atoms with E-state index in [4.69, 9.17) is 16.3 Å². The van der Waals surface area contributed by atoms with Crippen molar-refractivity contribution in [3.63, 3.8) is 0 Å². The summed E-state index contributed by atoms with van der Waals surface area (Å²) in [5.41, 5.74) is 1.96. The number of nitrogens with one attached hydrogen (secondary N) is 2. The molecule has 0 radical (unpaired) electrons. The highest BCUT2D eigenvalue weighted by Gasteiger charge is 2.14. The first kappa shape index (κ1) is 20.0. The predicted octanol–water partition coefficient (Wildman–Crippen LogP) is 3.92. The Hall–Kier alpha value is -2.77. The highest BCUT2D eigenvalue weighted by atomic mass is 35.5. The summed E-state index contributed by atoms with van der Waals surface area (Å²) in [5, 5.41) is 4.07. The fourth-order valence-electron chi connectivity index (χ4n) is 2.53. The Bertz CT molecular complexity index is 1000. The van der Waals surface area contributed by atoms with Crippen molar-refractivity contribution >= 4 is 57.6 Å². The zero-order valence-corrected chi connectivity index (χ0v) is 16.3. The summed E-state index contributed by atoms with van der Waals surface area (Å²) in [4.78, 5) is 38.9. The van der Waals surface area contributed by atoms with Crippen LogP contribution in [-0.2, 0) is 14.3 Å². The standard InChI is InChI=1S/C20H17ClN2O4S/c21-13-5-7-14(8-6-13)23-19(25)11-28-12-20(26)27-10-18(24)16-9-22-17-4-2-1-3-15(16)17/h1-9,22H,10-12H2,(H,23,25). The summed E-state index contributed by atoms with van der Waals surface area (Å²) in [7, 11) is 0. The first-order chi connectivity index (χ1) is 13.5. The van der Waals surface area contributed by atoms with Gasteiger partial charge in [0.2, 0.25) is 11.7 Å². The maximum Gasteiger partial charge on any atom is 0.316 e. The third-order valence-electron chi connectivity index (χ3n) is 3.83. The average Bonchev–Trinajstić information content (AvgIpc) is 3.12. The van der Waals surface area contributed by atoms with Crippen molar-refractivity contribution in [1.82, 2.24) is 4.98 Å². The highest BCUT2D eigenvalue weighted by Crippen LogP contribution is 2.18. The van der Waals surface area contributed by atoms with Crippen molar-refractivity contribution in [3.05, 3.63) is 65.3 Å². The van der Waals surface area contributed by atoms with Crippen LogP contribution in [0.1, 0.15) is 10.4 Å². The highest BCUT2D eigenvalue weighted by molar-refractivity contribution is 8.00. The normalized spacial score (nSPS) is 10.6. The molecule has 1 aromatic heterocycles. The molecule has 0 bridgehead atoms. The zero-order valence-electron chi connectivity index (χ0n) is 14.7. The van der Waals surface area contributed by atoms with Gasteiger partial charge in [-0.3, -0.25) is 14.4 Å². The van der Waals surface area contributed by atoms with Gasteiger partial charge in [0.25, 0.3) is 0 Å². The number of anilines is 1. The molecular formula is C20H17ClN2O4S. The SMILES string of the molecule is O=C(CSCC(=O)OCC(=O)c1c[nH]c2ccccc12)Nc1ccc(Cl)cc1. The first-order valence-electron chi connectivity index (χ1n) is 8.41. The number of hydrogen-bond acceptors (Lipinski definition) is 5. The van der Waals surface area contributed by atoms with E-state index >= 15 is 0 Å². The summed E-state index contributed by atoms with van der Waals surface area (Å²) >= 11 is 6.90. The third kappa shape index (κ3) is 5.37. The van der Waals surface area contributed by atoms with Gasteiger partial charge in [-0.1, -0.05) is 29.8 Å². The molecule has 0 spiro atoms. The van der Waals surface area contributed by atoms with Gasteiger partial charge in [-0.2, -0.15) is 0 Å².